The molecular weight excluding hydrogens is 430 g/mol. The quantitative estimate of drug-likeness (QED) is 0.147. The number of esters is 1. The minimum absolute atomic E-state index is 0.189. The lowest BCUT2D eigenvalue weighted by molar-refractivity contribution is -0.384. The molecule has 3 rings (SSSR count). The molecule has 2 fully saturated rings. The smallest absolute Gasteiger partial charge is 0.437 e. The number of benzene rings is 1. The standard InChI is InChI=1S/C19H21N3O10/c1-3-31-18(27)21(28)19(14(24)8-13-15(10(2)23)16(25)20(13)19)17(26)32-9-11-4-6-12(7-5-11)22(29)30/h4-7,10,13,15,23,28H,3,8-9H2,1-2H3/t10-,13-,15-,19-/m1/s1. The zero-order chi connectivity index (χ0) is 23.8. The van der Waals surface area contributed by atoms with E-state index in [1.807, 2.05) is 0 Å². The lowest BCUT2D eigenvalue weighted by atomic mass is 9.83. The molecule has 1 aromatic rings. The molecule has 4 atom stereocenters. The van der Waals surface area contributed by atoms with Crippen molar-refractivity contribution in [3.05, 3.63) is 39.9 Å². The highest BCUT2D eigenvalue weighted by Crippen LogP contribution is 2.47. The Balaban J connectivity index is 1.90. The van der Waals surface area contributed by atoms with E-state index < -0.39 is 65.4 Å². The summed E-state index contributed by atoms with van der Waals surface area (Å²) in [4.78, 5) is 61.7. The fraction of sp³-hybridized carbons (Fsp3) is 0.474. The third-order valence-electron chi connectivity index (χ3n) is 5.47. The molecule has 0 bridgehead atoms. The van der Waals surface area contributed by atoms with Crippen molar-refractivity contribution < 1.29 is 43.9 Å². The van der Waals surface area contributed by atoms with Gasteiger partial charge in [0.05, 0.1) is 29.6 Å². The predicted octanol–water partition coefficient (Wildman–Crippen LogP) is 0.363. The third-order valence-corrected chi connectivity index (χ3v) is 5.47. The van der Waals surface area contributed by atoms with E-state index >= 15 is 0 Å². The average molecular weight is 451 g/mol. The lowest BCUT2D eigenvalue weighted by Crippen LogP contribution is -2.76. The number of fused-ring (bicyclic) bond motifs is 1. The van der Waals surface area contributed by atoms with E-state index in [1.54, 1.807) is 0 Å². The summed E-state index contributed by atoms with van der Waals surface area (Å²) in [5.74, 6) is -4.19. The number of aliphatic hydroxyl groups is 1. The summed E-state index contributed by atoms with van der Waals surface area (Å²) in [5, 5.41) is 30.8. The Morgan fingerprint density at radius 1 is 1.31 bits per heavy atom. The second-order valence-corrected chi connectivity index (χ2v) is 7.35. The second kappa shape index (κ2) is 8.51. The molecule has 2 amide bonds. The molecule has 2 saturated heterocycles. The van der Waals surface area contributed by atoms with Crippen LogP contribution in [0.5, 0.6) is 0 Å². The number of hydrogen-bond donors (Lipinski definition) is 2. The van der Waals surface area contributed by atoms with Crippen LogP contribution in [0.3, 0.4) is 0 Å². The minimum Gasteiger partial charge on any atom is -0.457 e. The Morgan fingerprint density at radius 2 is 1.94 bits per heavy atom. The van der Waals surface area contributed by atoms with Crippen molar-refractivity contribution in [3.63, 3.8) is 0 Å². The predicted molar refractivity (Wildman–Crippen MR) is 102 cm³/mol. The molecule has 2 heterocycles. The van der Waals surface area contributed by atoms with Crippen LogP contribution in [0, 0.1) is 16.0 Å². The number of hydrogen-bond acceptors (Lipinski definition) is 10. The van der Waals surface area contributed by atoms with E-state index in [1.165, 1.54) is 38.1 Å². The van der Waals surface area contributed by atoms with Gasteiger partial charge >= 0.3 is 17.7 Å². The van der Waals surface area contributed by atoms with Crippen LogP contribution in [0.1, 0.15) is 25.8 Å². The molecule has 1 aromatic carbocycles. The number of ether oxygens (including phenoxy) is 2. The molecule has 0 saturated carbocycles. The van der Waals surface area contributed by atoms with Crippen LogP contribution in [0.25, 0.3) is 0 Å². The summed E-state index contributed by atoms with van der Waals surface area (Å²) in [5.41, 5.74) is -2.68. The second-order valence-electron chi connectivity index (χ2n) is 7.35. The highest BCUT2D eigenvalue weighted by atomic mass is 16.6. The number of ketones is 1. The number of Topliss-reactive ketones (excluding diaryl/α,β-unsaturated/α-hetero) is 1. The van der Waals surface area contributed by atoms with Gasteiger partial charge in [0.2, 0.25) is 5.91 Å². The fourth-order valence-corrected chi connectivity index (χ4v) is 3.98. The number of rotatable bonds is 7. The molecule has 13 nitrogen and oxygen atoms in total. The molecule has 2 aliphatic heterocycles. The first-order valence-corrected chi connectivity index (χ1v) is 9.68. The molecule has 13 heteroatoms. The van der Waals surface area contributed by atoms with E-state index in [0.29, 0.717) is 5.56 Å². The zero-order valence-electron chi connectivity index (χ0n) is 17.2. The highest BCUT2D eigenvalue weighted by Gasteiger charge is 2.74. The molecule has 0 spiro atoms. The van der Waals surface area contributed by atoms with E-state index in [4.69, 9.17) is 4.74 Å². The average Bonchev–Trinajstić information content (AvgIpc) is 3.00. The van der Waals surface area contributed by atoms with Gasteiger partial charge in [-0.2, -0.15) is 0 Å². The molecular formula is C19H21N3O10. The Bertz CT molecular complexity index is 963. The Hall–Kier alpha value is -3.58. The molecule has 2 aliphatic rings. The van der Waals surface area contributed by atoms with Crippen molar-refractivity contribution in [2.75, 3.05) is 6.61 Å². The number of non-ortho nitro benzene ring substituents is 1. The normalized spacial score (nSPS) is 24.9. The fourth-order valence-electron chi connectivity index (χ4n) is 3.98. The van der Waals surface area contributed by atoms with Crippen molar-refractivity contribution in [2.24, 2.45) is 5.92 Å². The third kappa shape index (κ3) is 3.44. The Kier molecular flexibility index (Phi) is 6.14. The van der Waals surface area contributed by atoms with Crippen molar-refractivity contribution in [3.8, 4) is 0 Å². The van der Waals surface area contributed by atoms with Crippen molar-refractivity contribution >= 4 is 29.4 Å². The van der Waals surface area contributed by atoms with Crippen LogP contribution in [0.15, 0.2) is 24.3 Å². The summed E-state index contributed by atoms with van der Waals surface area (Å²) in [6.45, 7) is 2.13. The zero-order valence-corrected chi connectivity index (χ0v) is 17.2. The van der Waals surface area contributed by atoms with Gasteiger partial charge in [-0.25, -0.2) is 9.59 Å². The number of nitro groups is 1. The van der Waals surface area contributed by atoms with Crippen LogP contribution in [0.4, 0.5) is 10.5 Å². The first-order valence-electron chi connectivity index (χ1n) is 9.68. The van der Waals surface area contributed by atoms with Gasteiger partial charge < -0.3 is 14.6 Å². The topological polar surface area (TPSA) is 177 Å². The van der Waals surface area contributed by atoms with Gasteiger partial charge in [0.1, 0.15) is 6.61 Å². The highest BCUT2D eigenvalue weighted by molar-refractivity contribution is 6.16. The van der Waals surface area contributed by atoms with Gasteiger partial charge in [0, 0.05) is 18.6 Å². The van der Waals surface area contributed by atoms with Crippen molar-refractivity contribution in [1.82, 2.24) is 9.96 Å². The van der Waals surface area contributed by atoms with Crippen LogP contribution in [-0.4, -0.2) is 73.4 Å². The van der Waals surface area contributed by atoms with Gasteiger partial charge in [0.15, 0.2) is 5.78 Å². The first kappa shape index (κ1) is 23.1. The van der Waals surface area contributed by atoms with E-state index in [9.17, 15) is 39.6 Å². The van der Waals surface area contributed by atoms with Gasteiger partial charge in [-0.05, 0) is 31.5 Å². The number of carbonyl (C=O) groups is 4. The molecule has 172 valence electrons. The van der Waals surface area contributed by atoms with Gasteiger partial charge in [-0.1, -0.05) is 0 Å². The molecule has 32 heavy (non-hydrogen) atoms. The molecule has 2 N–H and O–H groups in total. The van der Waals surface area contributed by atoms with E-state index in [2.05, 4.69) is 4.74 Å². The van der Waals surface area contributed by atoms with Crippen LogP contribution < -0.4 is 0 Å². The minimum atomic E-state index is -2.81. The lowest BCUT2D eigenvalue weighted by Gasteiger charge is -2.50. The number of carbonyl (C=O) groups excluding carboxylic acids is 4. The SMILES string of the molecule is CCOC(=O)N(O)[C@@]1(C(=O)OCc2ccc([N+](=O)[O-])cc2)C(=O)C[C@@H]2[C@@H]([C@@H](C)O)C(=O)N21. The Morgan fingerprint density at radius 3 is 2.47 bits per heavy atom. The van der Waals surface area contributed by atoms with E-state index in [0.717, 1.165) is 4.90 Å². The van der Waals surface area contributed by atoms with Crippen LogP contribution in [0.2, 0.25) is 0 Å². The maximum Gasteiger partial charge on any atom is 0.437 e. The van der Waals surface area contributed by atoms with Crippen molar-refractivity contribution in [2.45, 2.75) is 44.7 Å². The largest absolute Gasteiger partial charge is 0.457 e. The summed E-state index contributed by atoms with van der Waals surface area (Å²) in [6.07, 6.45) is -2.97. The van der Waals surface area contributed by atoms with Crippen LogP contribution >= 0.6 is 0 Å². The first-order chi connectivity index (χ1) is 15.1. The van der Waals surface area contributed by atoms with Gasteiger partial charge in [-0.15, -0.1) is 5.06 Å². The van der Waals surface area contributed by atoms with Gasteiger partial charge in [0.25, 0.3) is 5.69 Å². The summed E-state index contributed by atoms with van der Waals surface area (Å²) in [6, 6.07) is 4.07. The molecule has 0 aliphatic carbocycles. The summed E-state index contributed by atoms with van der Waals surface area (Å²) >= 11 is 0. The number of hydroxylamine groups is 2. The number of amides is 2. The van der Waals surface area contributed by atoms with Crippen LogP contribution in [-0.2, 0) is 30.5 Å². The molecule has 0 radical (unpaired) electrons. The summed E-state index contributed by atoms with van der Waals surface area (Å²) < 4.78 is 9.82. The number of nitrogens with zero attached hydrogens (tertiary/aromatic N) is 3. The number of aliphatic hydroxyl groups excluding tert-OH is 1. The molecule has 0 aromatic heterocycles. The van der Waals surface area contributed by atoms with Gasteiger partial charge in [-0.3, -0.25) is 29.8 Å². The maximum atomic E-state index is 13.1. The Labute approximate surface area is 181 Å². The summed E-state index contributed by atoms with van der Waals surface area (Å²) in [7, 11) is 0. The monoisotopic (exact) mass is 451 g/mol. The van der Waals surface area contributed by atoms with E-state index in [-0.39, 0.29) is 17.4 Å². The number of β-lactam (4-membered cyclic amide) rings is 1. The van der Waals surface area contributed by atoms with Crippen molar-refractivity contribution in [1.29, 1.82) is 0 Å². The number of nitro benzene ring substituents is 1. The maximum absolute atomic E-state index is 13.1. The molecule has 0 unspecified atom stereocenters.